The van der Waals surface area contributed by atoms with Crippen molar-refractivity contribution in [2.75, 3.05) is 6.54 Å². The van der Waals surface area contributed by atoms with Crippen LogP contribution in [0.15, 0.2) is 24.3 Å². The van der Waals surface area contributed by atoms with E-state index in [0.717, 1.165) is 6.42 Å². The maximum Gasteiger partial charge on any atom is 0.335 e. The molecular formula is C14H17NO3. The summed E-state index contributed by atoms with van der Waals surface area (Å²) in [4.78, 5) is 22.4. The van der Waals surface area contributed by atoms with Crippen molar-refractivity contribution in [3.63, 3.8) is 0 Å². The molecule has 18 heavy (non-hydrogen) atoms. The molecule has 1 aliphatic carbocycles. The quantitative estimate of drug-likeness (QED) is 0.839. The molecule has 0 aromatic heterocycles. The molecule has 96 valence electrons. The second-order valence-corrected chi connectivity index (χ2v) is 5.20. The van der Waals surface area contributed by atoms with Gasteiger partial charge in [-0.25, -0.2) is 4.79 Å². The molecular weight excluding hydrogens is 230 g/mol. The van der Waals surface area contributed by atoms with Crippen molar-refractivity contribution in [1.29, 1.82) is 0 Å². The summed E-state index contributed by atoms with van der Waals surface area (Å²) in [6.45, 7) is 2.90. The summed E-state index contributed by atoms with van der Waals surface area (Å²) in [6.07, 6.45) is 3.50. The summed E-state index contributed by atoms with van der Waals surface area (Å²) in [6, 6.07) is 5.97. The lowest BCUT2D eigenvalue weighted by Gasteiger charge is -2.09. The maximum absolute atomic E-state index is 11.8. The normalized spacial score (nSPS) is 16.1. The summed E-state index contributed by atoms with van der Waals surface area (Å²) >= 11 is 0. The van der Waals surface area contributed by atoms with E-state index in [2.05, 4.69) is 12.2 Å². The predicted octanol–water partition coefficient (Wildman–Crippen LogP) is 2.30. The fourth-order valence-electron chi connectivity index (χ4n) is 1.81. The van der Waals surface area contributed by atoms with Crippen LogP contribution in [0.5, 0.6) is 0 Å². The van der Waals surface area contributed by atoms with Crippen LogP contribution < -0.4 is 5.32 Å². The van der Waals surface area contributed by atoms with Crippen LogP contribution in [-0.4, -0.2) is 23.5 Å². The van der Waals surface area contributed by atoms with Gasteiger partial charge in [-0.3, -0.25) is 4.79 Å². The van der Waals surface area contributed by atoms with Gasteiger partial charge in [-0.05, 0) is 48.9 Å². The number of carboxylic acids is 1. The second kappa shape index (κ2) is 4.80. The number of hydrogen-bond acceptors (Lipinski definition) is 2. The molecule has 4 nitrogen and oxygen atoms in total. The number of carbonyl (C=O) groups is 2. The largest absolute Gasteiger partial charge is 0.478 e. The van der Waals surface area contributed by atoms with Crippen LogP contribution >= 0.6 is 0 Å². The Morgan fingerprint density at radius 3 is 2.28 bits per heavy atom. The first-order chi connectivity index (χ1) is 8.50. The van der Waals surface area contributed by atoms with E-state index in [1.807, 2.05) is 0 Å². The van der Waals surface area contributed by atoms with Gasteiger partial charge >= 0.3 is 5.97 Å². The maximum atomic E-state index is 11.8. The minimum absolute atomic E-state index is 0.142. The Morgan fingerprint density at radius 1 is 1.22 bits per heavy atom. The van der Waals surface area contributed by atoms with Gasteiger partial charge in [0.2, 0.25) is 0 Å². The number of aromatic carboxylic acids is 1. The standard InChI is InChI=1S/C14H17NO3/c1-14(6-7-14)8-9-15-12(16)10-2-4-11(5-3-10)13(17)18/h2-5H,6-9H2,1H3,(H,15,16)(H,17,18). The second-order valence-electron chi connectivity index (χ2n) is 5.20. The molecule has 1 aromatic carbocycles. The number of rotatable bonds is 5. The highest BCUT2D eigenvalue weighted by Gasteiger charge is 2.36. The van der Waals surface area contributed by atoms with Crippen LogP contribution in [0.1, 0.15) is 46.9 Å². The Labute approximate surface area is 106 Å². The third kappa shape index (κ3) is 3.09. The molecule has 1 saturated carbocycles. The van der Waals surface area contributed by atoms with Crippen LogP contribution in [0.3, 0.4) is 0 Å². The van der Waals surface area contributed by atoms with E-state index in [9.17, 15) is 9.59 Å². The fraction of sp³-hybridized carbons (Fsp3) is 0.429. The van der Waals surface area contributed by atoms with Gasteiger partial charge in [-0.1, -0.05) is 6.92 Å². The van der Waals surface area contributed by atoms with Crippen molar-refractivity contribution in [3.8, 4) is 0 Å². The number of nitrogens with one attached hydrogen (secondary N) is 1. The van der Waals surface area contributed by atoms with Crippen molar-refractivity contribution >= 4 is 11.9 Å². The van der Waals surface area contributed by atoms with E-state index in [-0.39, 0.29) is 11.5 Å². The molecule has 2 N–H and O–H groups in total. The third-order valence-electron chi connectivity index (χ3n) is 3.51. The minimum Gasteiger partial charge on any atom is -0.478 e. The number of carboxylic acid groups (broad SMARTS) is 1. The van der Waals surface area contributed by atoms with E-state index in [1.54, 1.807) is 0 Å². The smallest absolute Gasteiger partial charge is 0.335 e. The lowest BCUT2D eigenvalue weighted by Crippen LogP contribution is -2.25. The van der Waals surface area contributed by atoms with Crippen molar-refractivity contribution in [1.82, 2.24) is 5.32 Å². The average molecular weight is 247 g/mol. The summed E-state index contributed by atoms with van der Waals surface area (Å²) < 4.78 is 0. The lowest BCUT2D eigenvalue weighted by molar-refractivity contribution is 0.0696. The lowest BCUT2D eigenvalue weighted by atomic mass is 10.1. The van der Waals surface area contributed by atoms with Gasteiger partial charge in [-0.15, -0.1) is 0 Å². The highest BCUT2D eigenvalue weighted by Crippen LogP contribution is 2.47. The SMILES string of the molecule is CC1(CCNC(=O)c2ccc(C(=O)O)cc2)CC1. The van der Waals surface area contributed by atoms with Crippen LogP contribution in [0.2, 0.25) is 0 Å². The Kier molecular flexibility index (Phi) is 3.36. The molecule has 1 aromatic rings. The zero-order valence-corrected chi connectivity index (χ0v) is 10.4. The Balaban J connectivity index is 1.86. The van der Waals surface area contributed by atoms with Gasteiger partial charge in [0.15, 0.2) is 0 Å². The average Bonchev–Trinajstić information content (AvgIpc) is 3.07. The van der Waals surface area contributed by atoms with E-state index in [1.165, 1.54) is 37.1 Å². The molecule has 0 bridgehead atoms. The zero-order chi connectivity index (χ0) is 13.2. The first-order valence-corrected chi connectivity index (χ1v) is 6.12. The highest BCUT2D eigenvalue weighted by molar-refractivity contribution is 5.95. The van der Waals surface area contributed by atoms with Gasteiger partial charge < -0.3 is 10.4 Å². The first-order valence-electron chi connectivity index (χ1n) is 6.12. The van der Waals surface area contributed by atoms with Gasteiger partial charge in [-0.2, -0.15) is 0 Å². The van der Waals surface area contributed by atoms with Crippen molar-refractivity contribution < 1.29 is 14.7 Å². The first kappa shape index (κ1) is 12.6. The molecule has 0 atom stereocenters. The monoisotopic (exact) mass is 247 g/mol. The third-order valence-corrected chi connectivity index (χ3v) is 3.51. The molecule has 0 saturated heterocycles. The molecule has 1 fully saturated rings. The summed E-state index contributed by atoms with van der Waals surface area (Å²) in [5, 5.41) is 11.6. The highest BCUT2D eigenvalue weighted by atomic mass is 16.4. The van der Waals surface area contributed by atoms with E-state index < -0.39 is 5.97 Å². The van der Waals surface area contributed by atoms with Crippen molar-refractivity contribution in [3.05, 3.63) is 35.4 Å². The number of carbonyl (C=O) groups excluding carboxylic acids is 1. The topological polar surface area (TPSA) is 66.4 Å². The van der Waals surface area contributed by atoms with Crippen molar-refractivity contribution in [2.24, 2.45) is 5.41 Å². The zero-order valence-electron chi connectivity index (χ0n) is 10.4. The van der Waals surface area contributed by atoms with Crippen LogP contribution in [0, 0.1) is 5.41 Å². The van der Waals surface area contributed by atoms with Gasteiger partial charge in [0.25, 0.3) is 5.91 Å². The number of hydrogen-bond donors (Lipinski definition) is 2. The molecule has 2 rings (SSSR count). The van der Waals surface area contributed by atoms with E-state index in [0.29, 0.717) is 17.5 Å². The summed E-state index contributed by atoms with van der Waals surface area (Å²) in [5.74, 6) is -1.13. The van der Waals surface area contributed by atoms with Gasteiger partial charge in [0.1, 0.15) is 0 Å². The molecule has 0 aliphatic heterocycles. The molecule has 4 heteroatoms. The summed E-state index contributed by atoms with van der Waals surface area (Å²) in [5.41, 5.74) is 1.12. The van der Waals surface area contributed by atoms with Crippen LogP contribution in [0.4, 0.5) is 0 Å². The predicted molar refractivity (Wildman–Crippen MR) is 67.7 cm³/mol. The summed E-state index contributed by atoms with van der Waals surface area (Å²) in [7, 11) is 0. The molecule has 1 aliphatic rings. The molecule has 1 amide bonds. The van der Waals surface area contributed by atoms with Crippen LogP contribution in [0.25, 0.3) is 0 Å². The number of benzene rings is 1. The fourth-order valence-corrected chi connectivity index (χ4v) is 1.81. The molecule has 0 unspecified atom stereocenters. The molecule has 0 spiro atoms. The van der Waals surface area contributed by atoms with Gasteiger partial charge in [0, 0.05) is 12.1 Å². The molecule has 0 heterocycles. The van der Waals surface area contributed by atoms with Crippen LogP contribution in [-0.2, 0) is 0 Å². The number of amides is 1. The minimum atomic E-state index is -0.983. The van der Waals surface area contributed by atoms with Crippen molar-refractivity contribution in [2.45, 2.75) is 26.2 Å². The Morgan fingerprint density at radius 2 is 1.78 bits per heavy atom. The van der Waals surface area contributed by atoms with E-state index >= 15 is 0 Å². The Hall–Kier alpha value is -1.84. The molecule has 0 radical (unpaired) electrons. The van der Waals surface area contributed by atoms with Gasteiger partial charge in [0.05, 0.1) is 5.56 Å². The van der Waals surface area contributed by atoms with E-state index in [4.69, 9.17) is 5.11 Å². The Bertz CT molecular complexity index is 460.